The maximum Gasteiger partial charge on any atom is 0.338 e. The van der Waals surface area contributed by atoms with Crippen molar-refractivity contribution in [2.75, 3.05) is 0 Å². The molecule has 0 bridgehead atoms. The van der Waals surface area contributed by atoms with Crippen LogP contribution in [0.25, 0.3) is 0 Å². The minimum atomic E-state index is -0.366. The summed E-state index contributed by atoms with van der Waals surface area (Å²) < 4.78 is 23.7. The van der Waals surface area contributed by atoms with Gasteiger partial charge < -0.3 is 9.47 Å². The highest BCUT2D eigenvalue weighted by Gasteiger charge is 2.11. The number of hydrogen-bond acceptors (Lipinski definition) is 5. The Morgan fingerprint density at radius 3 is 2.64 bits per heavy atom. The van der Waals surface area contributed by atoms with Crippen LogP contribution in [-0.4, -0.2) is 11.0 Å². The first kappa shape index (κ1) is 17.1. The Morgan fingerprint density at radius 1 is 1.12 bits per heavy atom. The summed E-state index contributed by atoms with van der Waals surface area (Å²) in [4.78, 5) is 16.5. The van der Waals surface area contributed by atoms with Crippen LogP contribution in [0.3, 0.4) is 0 Å². The first-order chi connectivity index (χ1) is 12.1. The van der Waals surface area contributed by atoms with Gasteiger partial charge in [0.05, 0.1) is 11.3 Å². The van der Waals surface area contributed by atoms with Crippen molar-refractivity contribution in [3.63, 3.8) is 0 Å². The number of benzene rings is 2. The highest BCUT2D eigenvalue weighted by Crippen LogP contribution is 2.17. The molecular formula is C19H16FNO3S. The number of aryl methyl sites for hydroxylation is 1. The molecule has 1 aromatic heterocycles. The predicted octanol–water partition coefficient (Wildman–Crippen LogP) is 4.53. The Balaban J connectivity index is 1.52. The lowest BCUT2D eigenvalue weighted by Gasteiger charge is -2.05. The Kier molecular flexibility index (Phi) is 5.40. The summed E-state index contributed by atoms with van der Waals surface area (Å²) >= 11 is 1.42. The van der Waals surface area contributed by atoms with E-state index in [2.05, 4.69) is 4.98 Å². The SMILES string of the molecule is Cc1ccccc1C(=O)OCc1csc(COc2ccc(F)cc2)n1. The van der Waals surface area contributed by atoms with Crippen LogP contribution in [0.5, 0.6) is 5.75 Å². The average Bonchev–Trinajstić information content (AvgIpc) is 3.07. The summed E-state index contributed by atoms with van der Waals surface area (Å²) in [7, 11) is 0. The molecule has 128 valence electrons. The summed E-state index contributed by atoms with van der Waals surface area (Å²) in [5.74, 6) is -0.0984. The zero-order valence-corrected chi connectivity index (χ0v) is 14.4. The van der Waals surface area contributed by atoms with Crippen LogP contribution in [-0.2, 0) is 18.0 Å². The van der Waals surface area contributed by atoms with Gasteiger partial charge in [-0.1, -0.05) is 18.2 Å². The van der Waals surface area contributed by atoms with Crippen LogP contribution in [0.2, 0.25) is 0 Å². The molecule has 0 saturated carbocycles. The molecule has 0 atom stereocenters. The maximum absolute atomic E-state index is 12.8. The van der Waals surface area contributed by atoms with E-state index in [1.165, 1.54) is 23.5 Å². The minimum absolute atomic E-state index is 0.111. The third-order valence-electron chi connectivity index (χ3n) is 3.49. The van der Waals surface area contributed by atoms with Crippen molar-refractivity contribution in [3.05, 3.63) is 81.6 Å². The van der Waals surface area contributed by atoms with E-state index in [1.807, 2.05) is 24.4 Å². The number of hydrogen-bond donors (Lipinski definition) is 0. The van der Waals surface area contributed by atoms with Gasteiger partial charge in [0.1, 0.15) is 29.8 Å². The molecular weight excluding hydrogens is 341 g/mol. The van der Waals surface area contributed by atoms with Crippen LogP contribution < -0.4 is 4.74 Å². The molecule has 0 aliphatic heterocycles. The smallest absolute Gasteiger partial charge is 0.338 e. The topological polar surface area (TPSA) is 48.4 Å². The van der Waals surface area contributed by atoms with Crippen molar-refractivity contribution < 1.29 is 18.7 Å². The number of carbonyl (C=O) groups is 1. The molecule has 0 fully saturated rings. The van der Waals surface area contributed by atoms with Gasteiger partial charge in [-0.25, -0.2) is 14.2 Å². The monoisotopic (exact) mass is 357 g/mol. The van der Waals surface area contributed by atoms with Gasteiger partial charge in [-0.2, -0.15) is 0 Å². The first-order valence-corrected chi connectivity index (χ1v) is 8.54. The van der Waals surface area contributed by atoms with Crippen molar-refractivity contribution >= 4 is 17.3 Å². The number of aromatic nitrogens is 1. The fourth-order valence-corrected chi connectivity index (χ4v) is 2.87. The van der Waals surface area contributed by atoms with Crippen LogP contribution in [0.1, 0.15) is 26.6 Å². The fraction of sp³-hybridized carbons (Fsp3) is 0.158. The molecule has 4 nitrogen and oxygen atoms in total. The van der Waals surface area contributed by atoms with Gasteiger partial charge in [0, 0.05) is 5.38 Å². The Morgan fingerprint density at radius 2 is 1.88 bits per heavy atom. The normalized spacial score (nSPS) is 10.5. The second kappa shape index (κ2) is 7.90. The zero-order chi connectivity index (χ0) is 17.6. The second-order valence-corrected chi connectivity index (χ2v) is 6.31. The van der Waals surface area contributed by atoms with Crippen molar-refractivity contribution in [2.45, 2.75) is 20.1 Å². The molecule has 3 aromatic rings. The summed E-state index contributed by atoms with van der Waals surface area (Å²) in [6.07, 6.45) is 0. The molecule has 0 amide bonds. The predicted molar refractivity (Wildman–Crippen MR) is 93.1 cm³/mol. The molecule has 0 radical (unpaired) electrons. The Hall–Kier alpha value is -2.73. The van der Waals surface area contributed by atoms with E-state index in [4.69, 9.17) is 9.47 Å². The lowest BCUT2D eigenvalue weighted by molar-refractivity contribution is 0.0467. The summed E-state index contributed by atoms with van der Waals surface area (Å²) in [5, 5.41) is 2.58. The molecule has 0 aliphatic carbocycles. The molecule has 0 N–H and O–H groups in total. The molecule has 2 aromatic carbocycles. The number of nitrogens with zero attached hydrogens (tertiary/aromatic N) is 1. The van der Waals surface area contributed by atoms with Crippen LogP contribution in [0.4, 0.5) is 4.39 Å². The van der Waals surface area contributed by atoms with E-state index in [1.54, 1.807) is 24.3 Å². The minimum Gasteiger partial charge on any atom is -0.486 e. The zero-order valence-electron chi connectivity index (χ0n) is 13.6. The number of ether oxygens (including phenoxy) is 2. The molecule has 6 heteroatoms. The van der Waals surface area contributed by atoms with E-state index >= 15 is 0 Å². The number of thiazole rings is 1. The van der Waals surface area contributed by atoms with Crippen molar-refractivity contribution in [1.29, 1.82) is 0 Å². The third kappa shape index (κ3) is 4.64. The Labute approximate surface area is 148 Å². The van der Waals surface area contributed by atoms with Gasteiger partial charge in [-0.05, 0) is 42.8 Å². The number of halogens is 1. The maximum atomic E-state index is 12.8. The fourth-order valence-electron chi connectivity index (χ4n) is 2.18. The molecule has 1 heterocycles. The summed E-state index contributed by atoms with van der Waals surface area (Å²) in [6.45, 7) is 2.26. The first-order valence-electron chi connectivity index (χ1n) is 7.66. The third-order valence-corrected chi connectivity index (χ3v) is 4.36. The van der Waals surface area contributed by atoms with Crippen molar-refractivity contribution in [2.24, 2.45) is 0 Å². The van der Waals surface area contributed by atoms with Gasteiger partial charge in [-0.15, -0.1) is 11.3 Å². The standard InChI is InChI=1S/C19H16FNO3S/c1-13-4-2-3-5-17(13)19(22)24-10-15-12-25-18(21-15)11-23-16-8-6-14(20)7-9-16/h2-9,12H,10-11H2,1H3. The van der Waals surface area contributed by atoms with E-state index in [-0.39, 0.29) is 25.0 Å². The lowest BCUT2D eigenvalue weighted by Crippen LogP contribution is -2.07. The van der Waals surface area contributed by atoms with Crippen molar-refractivity contribution in [3.8, 4) is 5.75 Å². The molecule has 0 unspecified atom stereocenters. The number of rotatable bonds is 6. The number of esters is 1. The molecule has 25 heavy (non-hydrogen) atoms. The van der Waals surface area contributed by atoms with E-state index in [0.717, 1.165) is 10.6 Å². The van der Waals surface area contributed by atoms with Crippen LogP contribution in [0, 0.1) is 12.7 Å². The molecule has 0 aliphatic rings. The summed E-state index contributed by atoms with van der Waals surface area (Å²) in [6, 6.07) is 13.1. The molecule has 0 saturated heterocycles. The Bertz CT molecular complexity index is 861. The van der Waals surface area contributed by atoms with Gasteiger partial charge in [0.15, 0.2) is 0 Å². The van der Waals surface area contributed by atoms with Gasteiger partial charge in [0.2, 0.25) is 0 Å². The largest absolute Gasteiger partial charge is 0.486 e. The van der Waals surface area contributed by atoms with Crippen LogP contribution in [0.15, 0.2) is 53.9 Å². The van der Waals surface area contributed by atoms with E-state index in [0.29, 0.717) is 17.0 Å². The quantitative estimate of drug-likeness (QED) is 0.608. The average molecular weight is 357 g/mol. The second-order valence-electron chi connectivity index (χ2n) is 5.37. The van der Waals surface area contributed by atoms with Crippen molar-refractivity contribution in [1.82, 2.24) is 4.98 Å². The molecule has 0 spiro atoms. The molecule has 3 rings (SSSR count). The highest BCUT2D eigenvalue weighted by molar-refractivity contribution is 7.09. The number of carbonyl (C=O) groups excluding carboxylic acids is 1. The van der Waals surface area contributed by atoms with Gasteiger partial charge in [-0.3, -0.25) is 0 Å². The summed E-state index contributed by atoms with van der Waals surface area (Å²) in [5.41, 5.74) is 2.10. The van der Waals surface area contributed by atoms with E-state index in [9.17, 15) is 9.18 Å². The lowest BCUT2D eigenvalue weighted by atomic mass is 10.1. The van der Waals surface area contributed by atoms with Gasteiger partial charge in [0.25, 0.3) is 0 Å². The van der Waals surface area contributed by atoms with E-state index < -0.39 is 0 Å². The van der Waals surface area contributed by atoms with Crippen LogP contribution >= 0.6 is 11.3 Å². The van der Waals surface area contributed by atoms with Gasteiger partial charge >= 0.3 is 5.97 Å². The highest BCUT2D eigenvalue weighted by atomic mass is 32.1.